The molecule has 2 aromatic rings. The van der Waals surface area contributed by atoms with Crippen molar-refractivity contribution in [3.05, 3.63) is 65.2 Å². The lowest BCUT2D eigenvalue weighted by atomic mass is 9.74. The quantitative estimate of drug-likeness (QED) is 0.556. The maximum atomic E-state index is 13.2. The number of nitrogens with zero attached hydrogens (tertiary/aromatic N) is 1. The van der Waals surface area contributed by atoms with Crippen LogP contribution in [0.2, 0.25) is 0 Å². The topological polar surface area (TPSA) is 29.5 Å². The zero-order chi connectivity index (χ0) is 17.9. The summed E-state index contributed by atoms with van der Waals surface area (Å²) in [6.07, 6.45) is 2.14. The van der Waals surface area contributed by atoms with Crippen molar-refractivity contribution in [1.82, 2.24) is 4.90 Å². The highest BCUT2D eigenvalue weighted by Crippen LogP contribution is 2.45. The van der Waals surface area contributed by atoms with Gasteiger partial charge < -0.3 is 9.64 Å². The molecule has 3 nitrogen and oxygen atoms in total. The molecule has 0 saturated heterocycles. The first kappa shape index (κ1) is 17.7. The Bertz CT molecular complexity index is 735. The predicted molar refractivity (Wildman–Crippen MR) is 101 cm³/mol. The van der Waals surface area contributed by atoms with Gasteiger partial charge in [0, 0.05) is 12.1 Å². The Morgan fingerprint density at radius 3 is 2.32 bits per heavy atom. The van der Waals surface area contributed by atoms with Crippen molar-refractivity contribution in [2.45, 2.75) is 39.0 Å². The molecule has 1 unspecified atom stereocenters. The summed E-state index contributed by atoms with van der Waals surface area (Å²) in [5.74, 6) is 0.545. The molecule has 1 aliphatic heterocycles. The molecule has 132 valence electrons. The molecule has 3 rings (SSSR count). The molecule has 0 fully saturated rings. The van der Waals surface area contributed by atoms with Crippen LogP contribution in [-0.4, -0.2) is 30.5 Å². The molecule has 0 aliphatic carbocycles. The Labute approximate surface area is 150 Å². The average Bonchev–Trinajstić information content (AvgIpc) is 2.88. The molecule has 1 atom stereocenters. The Kier molecular flexibility index (Phi) is 5.24. The third kappa shape index (κ3) is 3.21. The molecule has 1 aliphatic rings. The fraction of sp³-hybridized carbons (Fsp3) is 0.409. The number of carbonyl (C=O) groups is 1. The number of esters is 1. The van der Waals surface area contributed by atoms with Crippen molar-refractivity contribution in [2.75, 3.05) is 19.6 Å². The van der Waals surface area contributed by atoms with Gasteiger partial charge in [0.05, 0.1) is 0 Å². The van der Waals surface area contributed by atoms with Gasteiger partial charge in [-0.3, -0.25) is 4.79 Å². The molecule has 2 aromatic carbocycles. The van der Waals surface area contributed by atoms with E-state index in [0.29, 0.717) is 12.3 Å². The number of aryl methyl sites for hydroxylation is 1. The van der Waals surface area contributed by atoms with Gasteiger partial charge >= 0.3 is 5.97 Å². The maximum Gasteiger partial charge on any atom is 0.327 e. The van der Waals surface area contributed by atoms with Gasteiger partial charge in [0.2, 0.25) is 0 Å². The maximum absolute atomic E-state index is 13.2. The summed E-state index contributed by atoms with van der Waals surface area (Å²) >= 11 is 0. The smallest absolute Gasteiger partial charge is 0.327 e. The zero-order valence-corrected chi connectivity index (χ0v) is 15.4. The van der Waals surface area contributed by atoms with Gasteiger partial charge in [0.1, 0.15) is 11.2 Å². The molecule has 3 heteroatoms. The fourth-order valence-corrected chi connectivity index (χ4v) is 3.84. The van der Waals surface area contributed by atoms with E-state index in [4.69, 9.17) is 4.74 Å². The number of benzene rings is 2. The van der Waals surface area contributed by atoms with Crippen LogP contribution in [0, 0.1) is 6.92 Å². The van der Waals surface area contributed by atoms with Crippen LogP contribution in [0.5, 0.6) is 5.75 Å². The van der Waals surface area contributed by atoms with Crippen LogP contribution in [0.25, 0.3) is 0 Å². The molecule has 0 amide bonds. The summed E-state index contributed by atoms with van der Waals surface area (Å²) in [6, 6.07) is 16.1. The van der Waals surface area contributed by atoms with Crippen molar-refractivity contribution < 1.29 is 9.53 Å². The van der Waals surface area contributed by atoms with Crippen LogP contribution in [0.1, 0.15) is 43.4 Å². The molecular weight excluding hydrogens is 310 g/mol. The largest absolute Gasteiger partial charge is 0.425 e. The van der Waals surface area contributed by atoms with Crippen molar-refractivity contribution in [1.29, 1.82) is 0 Å². The van der Waals surface area contributed by atoms with Crippen LogP contribution in [0.4, 0.5) is 0 Å². The van der Waals surface area contributed by atoms with Crippen LogP contribution in [0.3, 0.4) is 0 Å². The van der Waals surface area contributed by atoms with E-state index in [1.165, 1.54) is 0 Å². The second kappa shape index (κ2) is 7.40. The first-order valence-corrected chi connectivity index (χ1v) is 9.23. The number of hydrogen-bond acceptors (Lipinski definition) is 3. The summed E-state index contributed by atoms with van der Waals surface area (Å²) in [5, 5.41) is 0. The van der Waals surface area contributed by atoms with Gasteiger partial charge in [-0.25, -0.2) is 0 Å². The van der Waals surface area contributed by atoms with E-state index >= 15 is 0 Å². The lowest BCUT2D eigenvalue weighted by Gasteiger charge is -2.33. The molecule has 0 N–H and O–H groups in total. The highest BCUT2D eigenvalue weighted by molar-refractivity contribution is 5.94. The minimum absolute atomic E-state index is 0.156. The minimum atomic E-state index is -0.743. The number of hydrogen-bond donors (Lipinski definition) is 0. The Morgan fingerprint density at radius 1 is 1.00 bits per heavy atom. The first-order chi connectivity index (χ1) is 12.1. The van der Waals surface area contributed by atoms with Crippen LogP contribution in [0.15, 0.2) is 48.5 Å². The summed E-state index contributed by atoms with van der Waals surface area (Å²) in [4.78, 5) is 15.6. The minimum Gasteiger partial charge on any atom is -0.425 e. The Hall–Kier alpha value is -2.13. The first-order valence-electron chi connectivity index (χ1n) is 9.23. The van der Waals surface area contributed by atoms with E-state index in [1.54, 1.807) is 0 Å². The fourth-order valence-electron chi connectivity index (χ4n) is 3.84. The molecule has 1 heterocycles. The summed E-state index contributed by atoms with van der Waals surface area (Å²) in [6.45, 7) is 9.06. The summed E-state index contributed by atoms with van der Waals surface area (Å²) in [5.41, 5.74) is 2.42. The zero-order valence-electron chi connectivity index (χ0n) is 15.4. The lowest BCUT2D eigenvalue weighted by molar-refractivity contribution is -0.137. The van der Waals surface area contributed by atoms with E-state index < -0.39 is 5.41 Å². The van der Waals surface area contributed by atoms with Crippen molar-refractivity contribution in [3.63, 3.8) is 0 Å². The van der Waals surface area contributed by atoms with Gasteiger partial charge in [-0.1, -0.05) is 61.9 Å². The molecule has 25 heavy (non-hydrogen) atoms. The Morgan fingerprint density at radius 2 is 1.68 bits per heavy atom. The molecule has 0 spiro atoms. The molecule has 0 radical (unpaired) electrons. The van der Waals surface area contributed by atoms with E-state index in [2.05, 4.69) is 43.9 Å². The highest BCUT2D eigenvalue weighted by Gasteiger charge is 2.51. The van der Waals surface area contributed by atoms with E-state index in [9.17, 15) is 4.79 Å². The standard InChI is InChI=1S/C22H27NO2/c1-4-13-23(14-5-2)16-22(18-9-7-6-8-10-18)19-15-17(3)11-12-20(19)25-21(22)24/h6-12,15H,4-5,13-14,16H2,1-3H3. The van der Waals surface area contributed by atoms with Crippen LogP contribution in [-0.2, 0) is 10.2 Å². The molecular formula is C22H27NO2. The van der Waals surface area contributed by atoms with Crippen molar-refractivity contribution >= 4 is 5.97 Å². The van der Waals surface area contributed by atoms with E-state index in [1.807, 2.05) is 30.3 Å². The number of rotatable bonds is 7. The van der Waals surface area contributed by atoms with Crippen LogP contribution < -0.4 is 4.74 Å². The molecule has 0 aromatic heterocycles. The van der Waals surface area contributed by atoms with Crippen molar-refractivity contribution in [3.8, 4) is 5.75 Å². The lowest BCUT2D eigenvalue weighted by Crippen LogP contribution is -2.46. The van der Waals surface area contributed by atoms with Crippen LogP contribution >= 0.6 is 0 Å². The number of ether oxygens (including phenoxy) is 1. The van der Waals surface area contributed by atoms with E-state index in [-0.39, 0.29) is 5.97 Å². The number of fused-ring (bicyclic) bond motifs is 1. The number of carbonyl (C=O) groups excluding carboxylic acids is 1. The molecule has 0 saturated carbocycles. The normalized spacial score (nSPS) is 19.1. The van der Waals surface area contributed by atoms with E-state index in [0.717, 1.165) is 42.6 Å². The van der Waals surface area contributed by atoms with Gasteiger partial charge in [-0.15, -0.1) is 0 Å². The SMILES string of the molecule is CCCN(CCC)CC1(c2ccccc2)C(=O)Oc2ccc(C)cc21. The summed E-state index contributed by atoms with van der Waals surface area (Å²) < 4.78 is 5.72. The monoisotopic (exact) mass is 337 g/mol. The third-order valence-corrected chi connectivity index (χ3v) is 4.95. The van der Waals surface area contributed by atoms with Crippen molar-refractivity contribution in [2.24, 2.45) is 0 Å². The third-order valence-electron chi connectivity index (χ3n) is 4.95. The second-order valence-electron chi connectivity index (χ2n) is 6.94. The second-order valence-corrected chi connectivity index (χ2v) is 6.94. The van der Waals surface area contributed by atoms with Gasteiger partial charge in [-0.2, -0.15) is 0 Å². The average molecular weight is 337 g/mol. The predicted octanol–water partition coefficient (Wildman–Crippen LogP) is 4.32. The Balaban J connectivity index is 2.14. The van der Waals surface area contributed by atoms with Gasteiger partial charge in [0.25, 0.3) is 0 Å². The highest BCUT2D eigenvalue weighted by atomic mass is 16.5. The molecule has 0 bridgehead atoms. The van der Waals surface area contributed by atoms with Gasteiger partial charge in [-0.05, 0) is 44.5 Å². The van der Waals surface area contributed by atoms with Gasteiger partial charge in [0.15, 0.2) is 0 Å². The summed E-state index contributed by atoms with van der Waals surface area (Å²) in [7, 11) is 0.